The van der Waals surface area contributed by atoms with Gasteiger partial charge in [0.05, 0.1) is 12.7 Å². The molecule has 2 fully saturated rings. The molecule has 2 aliphatic rings. The Morgan fingerprint density at radius 3 is 2.67 bits per heavy atom. The number of carbonyl (C=O) groups is 1. The molecule has 0 saturated carbocycles. The Kier molecular flexibility index (Phi) is 6.77. The monoisotopic (exact) mass is 374 g/mol. The third kappa shape index (κ3) is 5.02. The van der Waals surface area contributed by atoms with Crippen molar-refractivity contribution in [2.75, 3.05) is 32.8 Å². The molecule has 1 aromatic carbocycles. The van der Waals surface area contributed by atoms with Gasteiger partial charge in [-0.15, -0.1) is 0 Å². The summed E-state index contributed by atoms with van der Waals surface area (Å²) in [5.41, 5.74) is 1.50. The van der Waals surface area contributed by atoms with Crippen LogP contribution in [-0.2, 0) is 11.3 Å². The Hall–Kier alpha value is -1.59. The largest absolute Gasteiger partial charge is 0.490 e. The number of likely N-dealkylation sites (tertiary alicyclic amines) is 2. The summed E-state index contributed by atoms with van der Waals surface area (Å²) in [7, 11) is 0. The van der Waals surface area contributed by atoms with E-state index in [-0.39, 0.29) is 24.0 Å². The van der Waals surface area contributed by atoms with Crippen LogP contribution in [0.25, 0.3) is 0 Å². The highest BCUT2D eigenvalue weighted by Crippen LogP contribution is 2.40. The average molecular weight is 375 g/mol. The summed E-state index contributed by atoms with van der Waals surface area (Å²) >= 11 is 0. The fourth-order valence-corrected chi connectivity index (χ4v) is 4.31. The van der Waals surface area contributed by atoms with Crippen molar-refractivity contribution < 1.29 is 14.6 Å². The number of hydrogen-bond donors (Lipinski definition) is 1. The van der Waals surface area contributed by atoms with E-state index in [1.54, 1.807) is 0 Å². The number of aliphatic hydroxyl groups is 1. The van der Waals surface area contributed by atoms with Crippen LogP contribution < -0.4 is 4.74 Å². The highest BCUT2D eigenvalue weighted by atomic mass is 16.5. The van der Waals surface area contributed by atoms with Gasteiger partial charge in [0, 0.05) is 31.6 Å². The molecule has 1 atom stereocenters. The number of hydrogen-bond acceptors (Lipinski definition) is 4. The van der Waals surface area contributed by atoms with Gasteiger partial charge < -0.3 is 14.7 Å². The van der Waals surface area contributed by atoms with Crippen molar-refractivity contribution in [1.29, 1.82) is 0 Å². The lowest BCUT2D eigenvalue weighted by Crippen LogP contribution is -2.51. The average Bonchev–Trinajstić information content (AvgIpc) is 2.68. The van der Waals surface area contributed by atoms with E-state index in [0.29, 0.717) is 13.0 Å². The Bertz CT molecular complexity index is 626. The Morgan fingerprint density at radius 2 is 1.96 bits per heavy atom. The molecule has 5 heteroatoms. The minimum absolute atomic E-state index is 0.0565. The van der Waals surface area contributed by atoms with Crippen LogP contribution in [0.5, 0.6) is 5.75 Å². The van der Waals surface area contributed by atoms with Crippen LogP contribution in [0.3, 0.4) is 0 Å². The number of amides is 1. The van der Waals surface area contributed by atoms with Crippen LogP contribution in [0, 0.1) is 5.41 Å². The van der Waals surface area contributed by atoms with E-state index in [0.717, 1.165) is 57.6 Å². The second-order valence-electron chi connectivity index (χ2n) is 8.26. The Labute approximate surface area is 163 Å². The molecule has 150 valence electrons. The summed E-state index contributed by atoms with van der Waals surface area (Å²) in [6.45, 7) is 8.63. The second kappa shape index (κ2) is 9.07. The number of carbonyl (C=O) groups excluding carboxylic acids is 1. The van der Waals surface area contributed by atoms with Gasteiger partial charge in [-0.1, -0.05) is 25.1 Å². The van der Waals surface area contributed by atoms with Crippen molar-refractivity contribution >= 4 is 5.91 Å². The van der Waals surface area contributed by atoms with Gasteiger partial charge in [0.25, 0.3) is 0 Å². The predicted molar refractivity (Wildman–Crippen MR) is 107 cm³/mol. The highest BCUT2D eigenvalue weighted by Gasteiger charge is 2.40. The third-order valence-electron chi connectivity index (χ3n) is 6.30. The van der Waals surface area contributed by atoms with Crippen molar-refractivity contribution in [3.05, 3.63) is 29.8 Å². The minimum Gasteiger partial charge on any atom is -0.490 e. The van der Waals surface area contributed by atoms with Crippen molar-refractivity contribution in [1.82, 2.24) is 9.80 Å². The smallest absolute Gasteiger partial charge is 0.222 e. The fourth-order valence-electron chi connectivity index (χ4n) is 4.31. The molecule has 1 amide bonds. The zero-order chi connectivity index (χ0) is 19.3. The predicted octanol–water partition coefficient (Wildman–Crippen LogP) is 3.06. The molecule has 2 saturated heterocycles. The second-order valence-corrected chi connectivity index (χ2v) is 8.26. The molecule has 1 aromatic rings. The van der Waals surface area contributed by atoms with Gasteiger partial charge in [-0.3, -0.25) is 9.69 Å². The molecular weight excluding hydrogens is 340 g/mol. The number of aliphatic hydroxyl groups excluding tert-OH is 1. The standard InChI is InChI=1S/C22H34N2O3/c1-3-18(2)27-20-7-5-4-6-19(20)16-23-12-10-22(11-13-23)9-8-21(26)24(17-22)14-15-25/h4-7,18,25H,3,8-17H2,1-2H3/t18-/m0/s1. The minimum atomic E-state index is 0.0565. The number of para-hydroxylation sites is 1. The summed E-state index contributed by atoms with van der Waals surface area (Å²) < 4.78 is 6.10. The molecular formula is C22H34N2O3. The topological polar surface area (TPSA) is 53.0 Å². The van der Waals surface area contributed by atoms with E-state index in [1.165, 1.54) is 5.56 Å². The van der Waals surface area contributed by atoms with Gasteiger partial charge in [0.1, 0.15) is 5.75 Å². The lowest BCUT2D eigenvalue weighted by Gasteiger charge is -2.47. The number of nitrogens with zero attached hydrogens (tertiary/aromatic N) is 2. The van der Waals surface area contributed by atoms with E-state index >= 15 is 0 Å². The fraction of sp³-hybridized carbons (Fsp3) is 0.682. The first-order valence-corrected chi connectivity index (χ1v) is 10.4. The summed E-state index contributed by atoms with van der Waals surface area (Å²) in [6, 6.07) is 8.38. The van der Waals surface area contributed by atoms with E-state index in [4.69, 9.17) is 4.74 Å². The molecule has 0 radical (unpaired) electrons. The number of piperidine rings is 2. The van der Waals surface area contributed by atoms with E-state index in [2.05, 4.69) is 36.9 Å². The van der Waals surface area contributed by atoms with Crippen LogP contribution in [0.4, 0.5) is 0 Å². The van der Waals surface area contributed by atoms with E-state index in [1.807, 2.05) is 11.0 Å². The van der Waals surface area contributed by atoms with Gasteiger partial charge in [0.15, 0.2) is 0 Å². The van der Waals surface area contributed by atoms with Crippen molar-refractivity contribution in [2.45, 2.75) is 58.6 Å². The van der Waals surface area contributed by atoms with Gasteiger partial charge in [-0.2, -0.15) is 0 Å². The molecule has 0 bridgehead atoms. The Morgan fingerprint density at radius 1 is 1.22 bits per heavy atom. The Balaban J connectivity index is 1.58. The van der Waals surface area contributed by atoms with Crippen molar-refractivity contribution in [3.8, 4) is 5.75 Å². The van der Waals surface area contributed by atoms with E-state index in [9.17, 15) is 9.90 Å². The summed E-state index contributed by atoms with van der Waals surface area (Å²) in [4.78, 5) is 16.4. The molecule has 3 rings (SSSR count). The maximum atomic E-state index is 12.1. The van der Waals surface area contributed by atoms with Crippen molar-refractivity contribution in [2.24, 2.45) is 5.41 Å². The zero-order valence-corrected chi connectivity index (χ0v) is 16.8. The summed E-state index contributed by atoms with van der Waals surface area (Å²) in [6.07, 6.45) is 5.10. The first-order valence-electron chi connectivity index (χ1n) is 10.4. The quantitative estimate of drug-likeness (QED) is 0.797. The van der Waals surface area contributed by atoms with Crippen molar-refractivity contribution in [3.63, 3.8) is 0 Å². The zero-order valence-electron chi connectivity index (χ0n) is 16.8. The molecule has 2 heterocycles. The van der Waals surface area contributed by atoms with Gasteiger partial charge >= 0.3 is 0 Å². The number of benzene rings is 1. The van der Waals surface area contributed by atoms with Crippen LogP contribution in [-0.4, -0.2) is 59.7 Å². The molecule has 2 aliphatic heterocycles. The molecule has 27 heavy (non-hydrogen) atoms. The van der Waals surface area contributed by atoms with Crippen LogP contribution in [0.2, 0.25) is 0 Å². The van der Waals surface area contributed by atoms with Crippen LogP contribution in [0.15, 0.2) is 24.3 Å². The molecule has 0 aliphatic carbocycles. The summed E-state index contributed by atoms with van der Waals surface area (Å²) in [5.74, 6) is 1.21. The number of ether oxygens (including phenoxy) is 1. The first kappa shape index (κ1) is 20.2. The third-order valence-corrected chi connectivity index (χ3v) is 6.30. The lowest BCUT2D eigenvalue weighted by molar-refractivity contribution is -0.139. The van der Waals surface area contributed by atoms with Gasteiger partial charge in [-0.05, 0) is 57.2 Å². The molecule has 0 aromatic heterocycles. The lowest BCUT2D eigenvalue weighted by atomic mass is 9.72. The number of rotatable bonds is 7. The first-order chi connectivity index (χ1) is 13.0. The highest BCUT2D eigenvalue weighted by molar-refractivity contribution is 5.77. The summed E-state index contributed by atoms with van der Waals surface area (Å²) in [5, 5.41) is 9.22. The van der Waals surface area contributed by atoms with E-state index < -0.39 is 0 Å². The molecule has 0 unspecified atom stereocenters. The molecule has 1 spiro atoms. The SMILES string of the molecule is CC[C@H](C)Oc1ccccc1CN1CCC2(CCC(=O)N(CCO)C2)CC1. The van der Waals surface area contributed by atoms with Crippen LogP contribution >= 0.6 is 0 Å². The number of β-amino-alcohol motifs (C(OH)–C–C–N with tert-alkyl or cyclic N) is 1. The molecule has 1 N–H and O–H groups in total. The van der Waals surface area contributed by atoms with Gasteiger partial charge in [0.2, 0.25) is 5.91 Å². The van der Waals surface area contributed by atoms with Gasteiger partial charge in [-0.25, -0.2) is 0 Å². The normalized spacial score (nSPS) is 21.4. The van der Waals surface area contributed by atoms with Crippen LogP contribution in [0.1, 0.15) is 51.5 Å². The maximum Gasteiger partial charge on any atom is 0.222 e. The maximum absolute atomic E-state index is 12.1. The molecule has 5 nitrogen and oxygen atoms in total.